The van der Waals surface area contributed by atoms with Crippen molar-refractivity contribution in [2.75, 3.05) is 18.2 Å². The van der Waals surface area contributed by atoms with Crippen molar-refractivity contribution >= 4 is 62.7 Å². The molecule has 1 fully saturated rings. The minimum atomic E-state index is -1.75. The number of nitrogens with one attached hydrogen (secondary N) is 2. The molecule has 0 aliphatic carbocycles. The van der Waals surface area contributed by atoms with Crippen LogP contribution < -0.4 is 10.6 Å². The minimum absolute atomic E-state index is 0.103. The summed E-state index contributed by atoms with van der Waals surface area (Å²) >= 11 is 5.49. The van der Waals surface area contributed by atoms with Crippen molar-refractivity contribution in [1.82, 2.24) is 15.2 Å². The number of rotatable bonds is 14. The van der Waals surface area contributed by atoms with Crippen LogP contribution in [0.15, 0.2) is 185 Å². The standard InChI is InChI=1S/C47H38ClN5O6S2/c1-58-52-38(37-29-60-46(49-37)51-47(34-21-11-4-12-22-34,35-23-13-5-14-24-35)36-25-15-6-16-26-36)42(54)50-39-43(55)53-40(33(27-28-48)30-61(57)44(39)53)45(56)59-41(31-17-7-2-8-18-31)32-19-9-3-10-20-32/h2-29,39,41,44H,30H2,1H3,(H,49,51)(H,50,54). The van der Waals surface area contributed by atoms with Crippen molar-refractivity contribution in [2.24, 2.45) is 5.16 Å². The molecule has 3 heterocycles. The summed E-state index contributed by atoms with van der Waals surface area (Å²) in [6, 6.07) is 47.1. The Balaban J connectivity index is 1.06. The highest BCUT2D eigenvalue weighted by atomic mass is 35.5. The number of amides is 2. The van der Waals surface area contributed by atoms with Crippen molar-refractivity contribution in [1.29, 1.82) is 0 Å². The lowest BCUT2D eigenvalue weighted by Crippen LogP contribution is -2.75. The Bertz CT molecular complexity index is 2460. The number of thiazole rings is 1. The van der Waals surface area contributed by atoms with Gasteiger partial charge in [0, 0.05) is 16.5 Å². The molecule has 2 aliphatic rings. The maximum atomic E-state index is 14.2. The zero-order valence-electron chi connectivity index (χ0n) is 32.6. The maximum Gasteiger partial charge on any atom is 0.356 e. The first-order chi connectivity index (χ1) is 29.8. The molecule has 3 unspecified atom stereocenters. The van der Waals surface area contributed by atoms with Gasteiger partial charge in [-0.05, 0) is 45.1 Å². The summed E-state index contributed by atoms with van der Waals surface area (Å²) in [5.41, 5.74) is 4.71. The van der Waals surface area contributed by atoms with Gasteiger partial charge in [-0.1, -0.05) is 168 Å². The molecule has 3 atom stereocenters. The van der Waals surface area contributed by atoms with Crippen molar-refractivity contribution in [3.63, 3.8) is 0 Å². The molecule has 0 saturated carbocycles. The van der Waals surface area contributed by atoms with Gasteiger partial charge < -0.3 is 24.8 Å². The SMILES string of the molecule is CON=C(C(=O)NC1C(=O)N2C(C(=O)OC(c3ccccc3)c3ccccc3)=C(C=CCl)C[S+]([O-])C12)c1csc(NC(c2ccccc2)(c2ccccc2)c2ccccc2)n1. The first kappa shape index (κ1) is 41.2. The van der Waals surface area contributed by atoms with Gasteiger partial charge in [0.1, 0.15) is 29.8 Å². The lowest BCUT2D eigenvalue weighted by Gasteiger charge is -2.49. The Morgan fingerprint density at radius 1 is 0.869 bits per heavy atom. The second-order valence-electron chi connectivity index (χ2n) is 14.0. The van der Waals surface area contributed by atoms with Crippen LogP contribution in [0.1, 0.15) is 39.6 Å². The van der Waals surface area contributed by atoms with E-state index in [9.17, 15) is 18.9 Å². The molecule has 14 heteroatoms. The van der Waals surface area contributed by atoms with Gasteiger partial charge in [-0.3, -0.25) is 14.5 Å². The van der Waals surface area contributed by atoms with Crippen LogP contribution in [0.25, 0.3) is 0 Å². The van der Waals surface area contributed by atoms with Gasteiger partial charge in [-0.25, -0.2) is 9.78 Å². The number of hydrogen-bond donors (Lipinski definition) is 2. The molecule has 1 aromatic heterocycles. The number of oxime groups is 1. The predicted octanol–water partition coefficient (Wildman–Crippen LogP) is 7.65. The number of carbonyl (C=O) groups is 3. The molecule has 5 aromatic carbocycles. The van der Waals surface area contributed by atoms with Gasteiger partial charge in [-0.2, -0.15) is 0 Å². The number of aromatic nitrogens is 1. The number of anilines is 1. The van der Waals surface area contributed by atoms with Crippen LogP contribution in [-0.4, -0.2) is 62.2 Å². The Hall–Kier alpha value is -6.51. The average molecular weight is 868 g/mol. The molecule has 0 bridgehead atoms. The number of carbonyl (C=O) groups excluding carboxylic acids is 3. The number of ether oxygens (including phenoxy) is 1. The lowest BCUT2D eigenvalue weighted by atomic mass is 9.77. The van der Waals surface area contributed by atoms with Crippen LogP contribution in [0, 0.1) is 0 Å². The quantitative estimate of drug-likeness (QED) is 0.0284. The summed E-state index contributed by atoms with van der Waals surface area (Å²) < 4.78 is 19.9. The largest absolute Gasteiger partial charge is 0.614 e. The van der Waals surface area contributed by atoms with Gasteiger partial charge in [0.2, 0.25) is 5.37 Å². The fourth-order valence-corrected chi connectivity index (χ4v) is 10.2. The molecule has 6 aromatic rings. The van der Waals surface area contributed by atoms with Crippen LogP contribution in [0.2, 0.25) is 0 Å². The van der Waals surface area contributed by atoms with E-state index in [4.69, 9.17) is 26.2 Å². The van der Waals surface area contributed by atoms with Crippen molar-refractivity contribution < 1.29 is 28.5 Å². The monoisotopic (exact) mass is 867 g/mol. The van der Waals surface area contributed by atoms with E-state index in [1.54, 1.807) is 5.38 Å². The Morgan fingerprint density at radius 3 is 1.87 bits per heavy atom. The Labute approximate surface area is 364 Å². The van der Waals surface area contributed by atoms with E-state index in [0.29, 0.717) is 16.3 Å². The molecule has 2 N–H and O–H groups in total. The topological polar surface area (TPSA) is 145 Å². The van der Waals surface area contributed by atoms with E-state index in [-0.39, 0.29) is 28.4 Å². The number of esters is 1. The Kier molecular flexibility index (Phi) is 12.4. The van der Waals surface area contributed by atoms with Crippen LogP contribution in [0.3, 0.4) is 0 Å². The molecule has 0 radical (unpaired) electrons. The van der Waals surface area contributed by atoms with Gasteiger partial charge in [0.25, 0.3) is 11.8 Å². The first-order valence-corrected chi connectivity index (χ1v) is 21.9. The van der Waals surface area contributed by atoms with E-state index in [0.717, 1.165) is 21.6 Å². The van der Waals surface area contributed by atoms with Gasteiger partial charge >= 0.3 is 5.97 Å². The van der Waals surface area contributed by atoms with Gasteiger partial charge in [0.05, 0.1) is 0 Å². The molecule has 61 heavy (non-hydrogen) atoms. The number of halogens is 1. The predicted molar refractivity (Wildman–Crippen MR) is 237 cm³/mol. The number of nitrogens with zero attached hydrogens (tertiary/aromatic N) is 3. The molecule has 2 amide bonds. The van der Waals surface area contributed by atoms with Crippen LogP contribution in [0.4, 0.5) is 5.13 Å². The third-order valence-corrected chi connectivity index (χ3v) is 12.9. The second-order valence-corrected chi connectivity index (χ2v) is 16.6. The smallest absolute Gasteiger partial charge is 0.356 e. The zero-order valence-corrected chi connectivity index (χ0v) is 35.0. The van der Waals surface area contributed by atoms with Crippen molar-refractivity contribution in [3.8, 4) is 0 Å². The maximum absolute atomic E-state index is 14.2. The van der Waals surface area contributed by atoms with Crippen LogP contribution in [-0.2, 0) is 40.7 Å². The van der Waals surface area contributed by atoms with E-state index >= 15 is 0 Å². The van der Waals surface area contributed by atoms with Crippen LogP contribution in [0.5, 0.6) is 0 Å². The molecule has 2 aliphatic heterocycles. The number of benzene rings is 5. The van der Waals surface area contributed by atoms with Crippen LogP contribution >= 0.6 is 22.9 Å². The third kappa shape index (κ3) is 8.20. The lowest BCUT2D eigenvalue weighted by molar-refractivity contribution is -0.154. The molecular weight excluding hydrogens is 830 g/mol. The highest BCUT2D eigenvalue weighted by Gasteiger charge is 2.61. The number of fused-ring (bicyclic) bond motifs is 1. The fourth-order valence-electron chi connectivity index (χ4n) is 7.63. The summed E-state index contributed by atoms with van der Waals surface area (Å²) in [6.45, 7) is 0. The van der Waals surface area contributed by atoms with Gasteiger partial charge in [-0.15, -0.1) is 11.3 Å². The summed E-state index contributed by atoms with van der Waals surface area (Å²) in [6.07, 6.45) is 0.607. The molecule has 1 saturated heterocycles. The highest BCUT2D eigenvalue weighted by molar-refractivity contribution is 7.92. The summed E-state index contributed by atoms with van der Waals surface area (Å²) in [5.74, 6) is -2.39. The first-order valence-electron chi connectivity index (χ1n) is 19.2. The zero-order chi connectivity index (χ0) is 42.3. The van der Waals surface area contributed by atoms with E-state index in [1.807, 2.05) is 152 Å². The molecule has 306 valence electrons. The van der Waals surface area contributed by atoms with E-state index in [1.165, 1.54) is 30.1 Å². The third-order valence-electron chi connectivity index (χ3n) is 10.4. The Morgan fingerprint density at radius 2 is 1.38 bits per heavy atom. The van der Waals surface area contributed by atoms with E-state index in [2.05, 4.69) is 15.8 Å². The molecule has 0 spiro atoms. The second kappa shape index (κ2) is 18.4. The number of hydrogen-bond acceptors (Lipinski definition) is 10. The summed E-state index contributed by atoms with van der Waals surface area (Å²) in [7, 11) is 1.29. The minimum Gasteiger partial charge on any atom is -0.614 e. The van der Waals surface area contributed by atoms with E-state index < -0.39 is 52.0 Å². The summed E-state index contributed by atoms with van der Waals surface area (Å²) in [5, 5.41) is 11.5. The van der Waals surface area contributed by atoms with Gasteiger partial charge in [0.15, 0.2) is 23.0 Å². The van der Waals surface area contributed by atoms with Crippen molar-refractivity contribution in [3.05, 3.63) is 213 Å². The fraction of sp³-hybridized carbons (Fsp3) is 0.128. The molecular formula is C47H38ClN5O6S2. The average Bonchev–Trinajstić information content (AvgIpc) is 3.77. The number of β-lactam (4-membered cyclic amide) rings is 1. The van der Waals surface area contributed by atoms with Crippen molar-refractivity contribution in [2.45, 2.75) is 23.1 Å². The normalized spacial score (nSPS) is 17.8. The highest BCUT2D eigenvalue weighted by Crippen LogP contribution is 2.42. The molecule has 8 rings (SSSR count). The number of allylic oxidation sites excluding steroid dienone is 1. The molecule has 11 nitrogen and oxygen atoms in total. The summed E-state index contributed by atoms with van der Waals surface area (Å²) in [4.78, 5) is 53.3.